The van der Waals surface area contributed by atoms with E-state index >= 15 is 0 Å². The van der Waals surface area contributed by atoms with E-state index in [0.717, 1.165) is 34.1 Å². The van der Waals surface area contributed by atoms with Gasteiger partial charge >= 0.3 is 0 Å². The summed E-state index contributed by atoms with van der Waals surface area (Å²) in [4.78, 5) is 6.97. The molecule has 1 N–H and O–H groups in total. The number of hydrogen-bond donors (Lipinski definition) is 1. The lowest BCUT2D eigenvalue weighted by atomic mass is 9.93. The Morgan fingerprint density at radius 2 is 1.45 bits per heavy atom. The van der Waals surface area contributed by atoms with Gasteiger partial charge in [-0.15, -0.1) is 0 Å². The van der Waals surface area contributed by atoms with Crippen molar-refractivity contribution in [2.75, 3.05) is 4.90 Å². The number of benzene rings is 3. The van der Waals surface area contributed by atoms with Crippen LogP contribution in [0.4, 0.5) is 5.69 Å². The van der Waals surface area contributed by atoms with Crippen LogP contribution in [0.3, 0.4) is 0 Å². The highest BCUT2D eigenvalue weighted by atomic mass is 32.1. The lowest BCUT2D eigenvalue weighted by Gasteiger charge is -2.29. The minimum atomic E-state index is -0.111. The maximum atomic E-state index is 6.18. The van der Waals surface area contributed by atoms with Crippen LogP contribution in [0.1, 0.15) is 45.9 Å². The molecular formula is C34H32N4OS. The maximum absolute atomic E-state index is 6.18. The molecule has 5 nitrogen and oxygen atoms in total. The Labute approximate surface area is 241 Å². The molecule has 3 aromatic carbocycles. The standard InChI is InChI=1S/C34H32N4OS/c1-22-12-8-9-16-30(22)39-28-19-17-27(18-20-28)38-33(32(36-34(38)40)29-15-10-11-21-35-29)31-23(2)24(3)37(25(31)4)26-13-6-5-7-14-26/h5-21,32-33H,1-4H3,(H,36,40). The SMILES string of the molecule is Cc1ccccc1Oc1ccc(N2C(=S)NC(c3ccccn3)C2c2c(C)c(C)n(-c3ccccc3)c2C)cc1. The average molecular weight is 545 g/mol. The topological polar surface area (TPSA) is 42.3 Å². The predicted octanol–water partition coefficient (Wildman–Crippen LogP) is 8.08. The van der Waals surface area contributed by atoms with Gasteiger partial charge in [-0.2, -0.15) is 0 Å². The Hall–Kier alpha value is -4.42. The molecule has 0 amide bonds. The summed E-state index contributed by atoms with van der Waals surface area (Å²) in [5.74, 6) is 1.64. The van der Waals surface area contributed by atoms with Crippen molar-refractivity contribution in [3.8, 4) is 17.2 Å². The fraction of sp³-hybridized carbons (Fsp3) is 0.176. The molecule has 3 heterocycles. The van der Waals surface area contributed by atoms with Crippen LogP contribution in [0.25, 0.3) is 5.69 Å². The maximum Gasteiger partial charge on any atom is 0.174 e. The van der Waals surface area contributed by atoms with Crippen molar-refractivity contribution >= 4 is 23.0 Å². The van der Waals surface area contributed by atoms with E-state index in [0.29, 0.717) is 5.11 Å². The van der Waals surface area contributed by atoms with Crippen LogP contribution >= 0.6 is 12.2 Å². The van der Waals surface area contributed by atoms with Crippen molar-refractivity contribution in [1.29, 1.82) is 0 Å². The Bertz CT molecular complexity index is 1660. The first-order valence-corrected chi connectivity index (χ1v) is 13.9. The third-order valence-corrected chi connectivity index (χ3v) is 8.17. The van der Waals surface area contributed by atoms with Gasteiger partial charge in [0.25, 0.3) is 0 Å². The smallest absolute Gasteiger partial charge is 0.174 e. The largest absolute Gasteiger partial charge is 0.457 e. The minimum absolute atomic E-state index is 0.0887. The van der Waals surface area contributed by atoms with Gasteiger partial charge in [-0.1, -0.05) is 42.5 Å². The zero-order chi connectivity index (χ0) is 27.8. The van der Waals surface area contributed by atoms with Crippen LogP contribution in [-0.2, 0) is 0 Å². The van der Waals surface area contributed by atoms with E-state index in [1.807, 2.05) is 48.7 Å². The number of nitrogens with zero attached hydrogens (tertiary/aromatic N) is 3. The summed E-state index contributed by atoms with van der Waals surface area (Å²) in [7, 11) is 0. The monoisotopic (exact) mass is 544 g/mol. The number of aryl methyl sites for hydroxylation is 1. The first-order chi connectivity index (χ1) is 19.4. The Morgan fingerprint density at radius 3 is 2.15 bits per heavy atom. The molecule has 200 valence electrons. The number of para-hydroxylation sites is 2. The average Bonchev–Trinajstić information content (AvgIpc) is 3.42. The van der Waals surface area contributed by atoms with E-state index in [2.05, 4.69) is 97.1 Å². The Balaban J connectivity index is 1.44. The van der Waals surface area contributed by atoms with E-state index in [-0.39, 0.29) is 12.1 Å². The van der Waals surface area contributed by atoms with Crippen LogP contribution < -0.4 is 15.0 Å². The fourth-order valence-electron chi connectivity index (χ4n) is 5.81. The second-order valence-electron chi connectivity index (χ2n) is 10.2. The van der Waals surface area contributed by atoms with Crippen LogP contribution in [0, 0.1) is 27.7 Å². The Morgan fingerprint density at radius 1 is 0.750 bits per heavy atom. The first-order valence-electron chi connectivity index (χ1n) is 13.5. The van der Waals surface area contributed by atoms with Crippen molar-refractivity contribution in [3.63, 3.8) is 0 Å². The predicted molar refractivity (Wildman–Crippen MR) is 166 cm³/mol. The summed E-state index contributed by atoms with van der Waals surface area (Å²) >= 11 is 6.00. The number of hydrogen-bond acceptors (Lipinski definition) is 3. The van der Waals surface area contributed by atoms with Gasteiger partial charge in [-0.25, -0.2) is 0 Å². The van der Waals surface area contributed by atoms with Crippen molar-refractivity contribution in [3.05, 3.63) is 137 Å². The van der Waals surface area contributed by atoms with Crippen LogP contribution in [0.15, 0.2) is 103 Å². The van der Waals surface area contributed by atoms with E-state index < -0.39 is 0 Å². The van der Waals surface area contributed by atoms with E-state index in [9.17, 15) is 0 Å². The molecule has 40 heavy (non-hydrogen) atoms. The number of anilines is 1. The second-order valence-corrected chi connectivity index (χ2v) is 10.6. The molecule has 6 rings (SSSR count). The van der Waals surface area contributed by atoms with Crippen molar-refractivity contribution in [2.24, 2.45) is 0 Å². The highest BCUT2D eigenvalue weighted by Crippen LogP contribution is 2.45. The summed E-state index contributed by atoms with van der Waals surface area (Å²) in [5.41, 5.74) is 9.13. The molecule has 0 saturated carbocycles. The van der Waals surface area contributed by atoms with Crippen LogP contribution in [0.5, 0.6) is 11.5 Å². The van der Waals surface area contributed by atoms with Gasteiger partial charge in [0.15, 0.2) is 5.11 Å². The summed E-state index contributed by atoms with van der Waals surface area (Å²) in [6.07, 6.45) is 1.84. The summed E-state index contributed by atoms with van der Waals surface area (Å²) in [6.45, 7) is 8.66. The highest BCUT2D eigenvalue weighted by Gasteiger charge is 2.43. The van der Waals surface area contributed by atoms with Crippen molar-refractivity contribution in [1.82, 2.24) is 14.9 Å². The highest BCUT2D eigenvalue weighted by molar-refractivity contribution is 7.80. The normalized spacial score (nSPS) is 16.7. The van der Waals surface area contributed by atoms with Crippen molar-refractivity contribution in [2.45, 2.75) is 39.8 Å². The second kappa shape index (κ2) is 10.6. The third-order valence-electron chi connectivity index (χ3n) is 7.85. The molecule has 0 spiro atoms. The van der Waals surface area contributed by atoms with Crippen LogP contribution in [-0.4, -0.2) is 14.7 Å². The molecule has 1 fully saturated rings. The summed E-state index contributed by atoms with van der Waals surface area (Å²) < 4.78 is 8.53. The molecule has 1 aliphatic heterocycles. The van der Waals surface area contributed by atoms with Gasteiger partial charge in [0.1, 0.15) is 11.5 Å². The van der Waals surface area contributed by atoms with Gasteiger partial charge in [-0.3, -0.25) is 4.98 Å². The van der Waals surface area contributed by atoms with Crippen LogP contribution in [0.2, 0.25) is 0 Å². The number of nitrogens with one attached hydrogen (secondary N) is 1. The molecule has 0 bridgehead atoms. The lowest BCUT2D eigenvalue weighted by molar-refractivity contribution is 0.479. The third kappa shape index (κ3) is 4.54. The molecule has 2 unspecified atom stereocenters. The quantitative estimate of drug-likeness (QED) is 0.219. The molecule has 5 aromatic rings. The molecule has 2 aromatic heterocycles. The summed E-state index contributed by atoms with van der Waals surface area (Å²) in [6, 6.07) is 32.6. The molecule has 6 heteroatoms. The number of ether oxygens (including phenoxy) is 1. The molecule has 1 saturated heterocycles. The van der Waals surface area contributed by atoms with Crippen molar-refractivity contribution < 1.29 is 4.74 Å². The zero-order valence-corrected chi connectivity index (χ0v) is 23.9. The first kappa shape index (κ1) is 25.8. The number of aromatic nitrogens is 2. The molecule has 1 aliphatic rings. The number of rotatable bonds is 6. The molecule has 2 atom stereocenters. The number of pyridine rings is 1. The van der Waals surface area contributed by atoms with E-state index in [1.54, 1.807) is 0 Å². The fourth-order valence-corrected chi connectivity index (χ4v) is 6.15. The van der Waals surface area contributed by atoms with Gasteiger partial charge < -0.3 is 19.5 Å². The molecule has 0 radical (unpaired) electrons. The van der Waals surface area contributed by atoms with E-state index in [4.69, 9.17) is 21.9 Å². The van der Waals surface area contributed by atoms with Gasteiger partial charge in [-0.05, 0) is 106 Å². The lowest BCUT2D eigenvalue weighted by Crippen LogP contribution is -2.29. The minimum Gasteiger partial charge on any atom is -0.457 e. The summed E-state index contributed by atoms with van der Waals surface area (Å²) in [5, 5.41) is 4.28. The molecule has 0 aliphatic carbocycles. The van der Waals surface area contributed by atoms with E-state index in [1.165, 1.54) is 22.5 Å². The number of thiocarbonyl (C=S) groups is 1. The Kier molecular flexibility index (Phi) is 6.86. The molecular weight excluding hydrogens is 512 g/mol. The van der Waals surface area contributed by atoms with Gasteiger partial charge in [0.2, 0.25) is 0 Å². The van der Waals surface area contributed by atoms with Gasteiger partial charge in [0.05, 0.1) is 17.8 Å². The van der Waals surface area contributed by atoms with Gasteiger partial charge in [0, 0.05) is 34.5 Å². The zero-order valence-electron chi connectivity index (χ0n) is 23.1.